The zero-order valence-corrected chi connectivity index (χ0v) is 14.8. The van der Waals surface area contributed by atoms with Gasteiger partial charge in [-0.15, -0.1) is 0 Å². The molecule has 0 saturated carbocycles. The third-order valence-corrected chi connectivity index (χ3v) is 4.86. The average Bonchev–Trinajstić information content (AvgIpc) is 2.46. The number of aliphatic hydroxyl groups excluding tert-OH is 1. The summed E-state index contributed by atoms with van der Waals surface area (Å²) in [6.07, 6.45) is 14.3. The summed E-state index contributed by atoms with van der Waals surface area (Å²) in [6, 6.07) is 8.72. The second-order valence-corrected chi connectivity index (χ2v) is 6.76. The summed E-state index contributed by atoms with van der Waals surface area (Å²) in [5.74, 6) is 0. The minimum absolute atomic E-state index is 0.361. The number of hydrogen-bond donors (Lipinski definition) is 1. The zero-order valence-electron chi connectivity index (χ0n) is 12.6. The van der Waals surface area contributed by atoms with Crippen LogP contribution in [0, 0.1) is 3.57 Å². The Hall–Kier alpha value is -0.0900. The molecule has 2 heteroatoms. The van der Waals surface area contributed by atoms with Crippen LogP contribution in [0.2, 0.25) is 0 Å². The summed E-state index contributed by atoms with van der Waals surface area (Å²) in [4.78, 5) is 0. The predicted molar refractivity (Wildman–Crippen MR) is 96.1 cm³/mol. The monoisotopic (exact) mass is 388 g/mol. The summed E-state index contributed by atoms with van der Waals surface area (Å²) in [5, 5.41) is 8.69. The number of aliphatic hydroxyl groups is 1. The largest absolute Gasteiger partial charge is 0.396 e. The molecule has 0 spiro atoms. The molecule has 0 aromatic heterocycles. The molecule has 0 saturated heterocycles. The highest BCUT2D eigenvalue weighted by Crippen LogP contribution is 2.16. The lowest BCUT2D eigenvalue weighted by molar-refractivity contribution is 0.282. The van der Waals surface area contributed by atoms with Crippen molar-refractivity contribution in [2.24, 2.45) is 0 Å². The van der Waals surface area contributed by atoms with E-state index >= 15 is 0 Å². The van der Waals surface area contributed by atoms with Crippen molar-refractivity contribution in [3.8, 4) is 0 Å². The number of rotatable bonds is 12. The third kappa shape index (κ3) is 8.96. The zero-order chi connectivity index (χ0) is 14.5. The Morgan fingerprint density at radius 2 is 1.20 bits per heavy atom. The maximum Gasteiger partial charge on any atom is 0.0431 e. The van der Waals surface area contributed by atoms with E-state index in [1.54, 1.807) is 0 Å². The second kappa shape index (κ2) is 12.6. The molecule has 0 bridgehead atoms. The van der Waals surface area contributed by atoms with Gasteiger partial charge in [0.2, 0.25) is 0 Å². The van der Waals surface area contributed by atoms with Crippen LogP contribution in [-0.4, -0.2) is 11.7 Å². The molecule has 0 unspecified atom stereocenters. The van der Waals surface area contributed by atoms with Gasteiger partial charge in [0.15, 0.2) is 0 Å². The van der Waals surface area contributed by atoms with Crippen LogP contribution >= 0.6 is 22.6 Å². The Morgan fingerprint density at radius 3 is 1.75 bits per heavy atom. The van der Waals surface area contributed by atoms with Gasteiger partial charge in [-0.2, -0.15) is 0 Å². The van der Waals surface area contributed by atoms with Gasteiger partial charge in [0, 0.05) is 10.2 Å². The first-order chi connectivity index (χ1) is 9.84. The van der Waals surface area contributed by atoms with E-state index in [1.165, 1.54) is 73.3 Å². The van der Waals surface area contributed by atoms with Crippen molar-refractivity contribution in [1.82, 2.24) is 0 Å². The summed E-state index contributed by atoms with van der Waals surface area (Å²) in [5.41, 5.74) is 1.51. The molecule has 1 N–H and O–H groups in total. The van der Waals surface area contributed by atoms with Gasteiger partial charge in [-0.1, -0.05) is 69.6 Å². The van der Waals surface area contributed by atoms with Gasteiger partial charge in [-0.05, 0) is 53.5 Å². The van der Waals surface area contributed by atoms with E-state index in [0.717, 1.165) is 6.42 Å². The molecule has 0 radical (unpaired) electrons. The molecule has 114 valence electrons. The number of hydrogen-bond acceptors (Lipinski definition) is 1. The molecule has 1 aromatic carbocycles. The van der Waals surface area contributed by atoms with Gasteiger partial charge in [-0.3, -0.25) is 0 Å². The van der Waals surface area contributed by atoms with Gasteiger partial charge < -0.3 is 5.11 Å². The van der Waals surface area contributed by atoms with E-state index in [1.807, 2.05) is 0 Å². The predicted octanol–water partition coefficient (Wildman–Crippen LogP) is 5.73. The lowest BCUT2D eigenvalue weighted by atomic mass is 10.0. The van der Waals surface area contributed by atoms with E-state index in [2.05, 4.69) is 46.9 Å². The van der Waals surface area contributed by atoms with E-state index in [9.17, 15) is 0 Å². The van der Waals surface area contributed by atoms with Crippen LogP contribution in [0.4, 0.5) is 0 Å². The molecule has 0 atom stereocenters. The van der Waals surface area contributed by atoms with Gasteiger partial charge in [0.25, 0.3) is 0 Å². The van der Waals surface area contributed by atoms with Crippen molar-refractivity contribution in [2.75, 3.05) is 6.61 Å². The molecule has 1 nitrogen and oxygen atoms in total. The summed E-state index contributed by atoms with van der Waals surface area (Å²) in [7, 11) is 0. The molecule has 20 heavy (non-hydrogen) atoms. The Balaban J connectivity index is 1.87. The molecule has 0 aliphatic carbocycles. The lowest BCUT2D eigenvalue weighted by Crippen LogP contribution is -1.89. The van der Waals surface area contributed by atoms with Crippen LogP contribution in [0.15, 0.2) is 24.3 Å². The fourth-order valence-electron chi connectivity index (χ4n) is 2.54. The van der Waals surface area contributed by atoms with E-state index < -0.39 is 0 Å². The van der Waals surface area contributed by atoms with Crippen molar-refractivity contribution >= 4 is 22.6 Å². The second-order valence-electron chi connectivity index (χ2n) is 5.60. The highest BCUT2D eigenvalue weighted by Gasteiger charge is 1.98. The maximum absolute atomic E-state index is 8.69. The summed E-state index contributed by atoms with van der Waals surface area (Å²) in [6.45, 7) is 0.361. The molecule has 0 fully saturated rings. The van der Waals surface area contributed by atoms with Gasteiger partial charge >= 0.3 is 0 Å². The molecule has 0 heterocycles. The first-order valence-electron chi connectivity index (χ1n) is 8.19. The minimum Gasteiger partial charge on any atom is -0.396 e. The van der Waals surface area contributed by atoms with Crippen molar-refractivity contribution in [1.29, 1.82) is 0 Å². The first kappa shape index (κ1) is 18.0. The Labute approximate surface area is 138 Å². The minimum atomic E-state index is 0.361. The van der Waals surface area contributed by atoms with Crippen molar-refractivity contribution in [2.45, 2.75) is 70.6 Å². The Morgan fingerprint density at radius 1 is 0.700 bits per heavy atom. The van der Waals surface area contributed by atoms with Crippen molar-refractivity contribution < 1.29 is 5.11 Å². The number of aryl methyl sites for hydroxylation is 1. The van der Waals surface area contributed by atoms with Gasteiger partial charge in [-0.25, -0.2) is 0 Å². The van der Waals surface area contributed by atoms with Gasteiger partial charge in [0.1, 0.15) is 0 Å². The quantitative estimate of drug-likeness (QED) is 0.358. The van der Waals surface area contributed by atoms with E-state index in [-0.39, 0.29) is 0 Å². The van der Waals surface area contributed by atoms with Crippen LogP contribution in [0.3, 0.4) is 0 Å². The Kier molecular flexibility index (Phi) is 11.3. The van der Waals surface area contributed by atoms with Crippen LogP contribution in [-0.2, 0) is 6.42 Å². The number of unbranched alkanes of at least 4 members (excludes halogenated alkanes) is 9. The highest BCUT2D eigenvalue weighted by atomic mass is 127. The third-order valence-electron chi connectivity index (χ3n) is 3.81. The topological polar surface area (TPSA) is 20.2 Å². The number of benzene rings is 1. The summed E-state index contributed by atoms with van der Waals surface area (Å²) >= 11 is 2.44. The normalized spacial score (nSPS) is 10.9. The van der Waals surface area contributed by atoms with Crippen LogP contribution in [0.25, 0.3) is 0 Å². The van der Waals surface area contributed by atoms with Crippen LogP contribution in [0.1, 0.15) is 69.8 Å². The fraction of sp³-hybridized carbons (Fsp3) is 0.667. The Bertz CT molecular complexity index is 338. The highest BCUT2D eigenvalue weighted by molar-refractivity contribution is 14.1. The van der Waals surface area contributed by atoms with Crippen molar-refractivity contribution in [3.63, 3.8) is 0 Å². The number of halogens is 1. The summed E-state index contributed by atoms with van der Waals surface area (Å²) < 4.78 is 1.41. The molecule has 0 aliphatic heterocycles. The average molecular weight is 388 g/mol. The van der Waals surface area contributed by atoms with Crippen molar-refractivity contribution in [3.05, 3.63) is 33.4 Å². The molecule has 1 aromatic rings. The molecule has 1 rings (SSSR count). The standard InChI is InChI=1S/C18H29IO/c19-18-15-11-10-14-17(18)13-9-7-5-3-1-2-4-6-8-12-16-20/h10-11,14-15,20H,1-9,12-13,16H2. The SMILES string of the molecule is OCCCCCCCCCCCCc1ccccc1I. The fourth-order valence-corrected chi connectivity index (χ4v) is 3.20. The van der Waals surface area contributed by atoms with E-state index in [4.69, 9.17) is 5.11 Å². The van der Waals surface area contributed by atoms with Crippen LogP contribution < -0.4 is 0 Å². The lowest BCUT2D eigenvalue weighted by Gasteiger charge is -2.04. The van der Waals surface area contributed by atoms with Gasteiger partial charge in [0.05, 0.1) is 0 Å². The first-order valence-corrected chi connectivity index (χ1v) is 9.26. The maximum atomic E-state index is 8.69. The molecule has 0 aliphatic rings. The van der Waals surface area contributed by atoms with E-state index in [0.29, 0.717) is 6.61 Å². The molecule has 0 amide bonds. The van der Waals surface area contributed by atoms with Crippen LogP contribution in [0.5, 0.6) is 0 Å². The smallest absolute Gasteiger partial charge is 0.0431 e. The molecular weight excluding hydrogens is 359 g/mol. The molecular formula is C18H29IO.